The first-order valence-electron chi connectivity index (χ1n) is 12.8. The first kappa shape index (κ1) is 26.8. The van der Waals surface area contributed by atoms with Crippen LogP contribution in [0.1, 0.15) is 32.3 Å². The number of nitrogens with one attached hydrogen (secondary N) is 1. The summed E-state index contributed by atoms with van der Waals surface area (Å²) < 4.78 is 38.4. The van der Waals surface area contributed by atoms with E-state index in [1.165, 1.54) is 15.4 Å². The normalized spacial score (nSPS) is 20.4. The number of furan rings is 1. The molecule has 206 valence electrons. The van der Waals surface area contributed by atoms with Gasteiger partial charge in [0.2, 0.25) is 15.9 Å². The fourth-order valence-corrected chi connectivity index (χ4v) is 7.04. The first-order chi connectivity index (χ1) is 18.6. The van der Waals surface area contributed by atoms with E-state index in [9.17, 15) is 22.8 Å². The van der Waals surface area contributed by atoms with E-state index in [1.807, 2.05) is 26.0 Å². The Bertz CT molecular complexity index is 1460. The number of nitrogens with zero attached hydrogens (tertiary/aromatic N) is 3. The number of hydrogen-bond donors (Lipinski definition) is 1. The lowest BCUT2D eigenvalue weighted by atomic mass is 10.0. The maximum Gasteiger partial charge on any atom is 0.415 e. The van der Waals surface area contributed by atoms with Gasteiger partial charge in [-0.2, -0.15) is 4.31 Å². The standard InChI is InChI=1S/C27H30N4O7S/c1-17(2)12-20(29-27(34)38-24-13-19-7-3-4-8-23(19)37-24)26(33)30-11-9-21-25(30)22(32)15-31(21)39(35,36)16-18-6-5-10-28-14-18/h3-8,10,13-14,17,20-21,25H,9,11-12,15-16H2,1-2H3,(H,29,34). The van der Waals surface area contributed by atoms with Crippen LogP contribution in [-0.2, 0) is 25.4 Å². The van der Waals surface area contributed by atoms with Crippen molar-refractivity contribution >= 4 is 38.8 Å². The molecule has 3 unspecified atom stereocenters. The smallest absolute Gasteiger partial charge is 0.415 e. The number of sulfonamides is 1. The van der Waals surface area contributed by atoms with Gasteiger partial charge < -0.3 is 19.4 Å². The third kappa shape index (κ3) is 5.66. The average Bonchev–Trinajstić information content (AvgIpc) is 3.58. The molecule has 2 aliphatic rings. The number of amides is 2. The largest absolute Gasteiger partial charge is 0.425 e. The van der Waals surface area contributed by atoms with E-state index in [1.54, 1.807) is 36.5 Å². The maximum atomic E-state index is 13.6. The second kappa shape index (κ2) is 10.8. The first-order valence-corrected chi connectivity index (χ1v) is 14.4. The quantitative estimate of drug-likeness (QED) is 0.448. The number of likely N-dealkylation sites (tertiary alicyclic amines) is 1. The molecule has 0 radical (unpaired) electrons. The number of benzene rings is 1. The molecule has 0 spiro atoms. The number of pyridine rings is 1. The maximum absolute atomic E-state index is 13.6. The van der Waals surface area contributed by atoms with E-state index >= 15 is 0 Å². The molecule has 0 saturated carbocycles. The van der Waals surface area contributed by atoms with Crippen LogP contribution in [0.25, 0.3) is 11.0 Å². The number of para-hydroxylation sites is 1. The van der Waals surface area contributed by atoms with Crippen LogP contribution in [0.15, 0.2) is 59.3 Å². The number of rotatable bonds is 8. The van der Waals surface area contributed by atoms with Gasteiger partial charge in [0.15, 0.2) is 5.78 Å². The topological polar surface area (TPSA) is 139 Å². The average molecular weight is 555 g/mol. The predicted molar refractivity (Wildman–Crippen MR) is 141 cm³/mol. The van der Waals surface area contributed by atoms with Crippen molar-refractivity contribution in [2.24, 2.45) is 5.92 Å². The van der Waals surface area contributed by atoms with Gasteiger partial charge in [-0.3, -0.25) is 14.6 Å². The van der Waals surface area contributed by atoms with Crippen LogP contribution in [0.5, 0.6) is 5.95 Å². The Balaban J connectivity index is 1.29. The van der Waals surface area contributed by atoms with E-state index in [-0.39, 0.29) is 36.5 Å². The highest BCUT2D eigenvalue weighted by Crippen LogP contribution is 2.33. The van der Waals surface area contributed by atoms with Crippen molar-refractivity contribution in [3.8, 4) is 5.95 Å². The number of ether oxygens (including phenoxy) is 1. The summed E-state index contributed by atoms with van der Waals surface area (Å²) in [5.74, 6) is -1.03. The zero-order chi connectivity index (χ0) is 27.7. The Kier molecular flexibility index (Phi) is 7.41. The zero-order valence-electron chi connectivity index (χ0n) is 21.6. The van der Waals surface area contributed by atoms with Gasteiger partial charge in [-0.1, -0.05) is 38.1 Å². The van der Waals surface area contributed by atoms with Gasteiger partial charge in [0.25, 0.3) is 5.95 Å². The van der Waals surface area contributed by atoms with Crippen LogP contribution in [0.2, 0.25) is 0 Å². The molecule has 2 fully saturated rings. The minimum absolute atomic E-state index is 0.00822. The van der Waals surface area contributed by atoms with Crippen molar-refractivity contribution < 1.29 is 32.0 Å². The predicted octanol–water partition coefficient (Wildman–Crippen LogP) is 2.72. The number of hydrogen-bond acceptors (Lipinski definition) is 8. The number of Topliss-reactive ketones (excluding diaryl/α,β-unsaturated/α-hetero) is 1. The van der Waals surface area contributed by atoms with Crippen LogP contribution in [0, 0.1) is 5.92 Å². The minimum atomic E-state index is -3.82. The summed E-state index contributed by atoms with van der Waals surface area (Å²) in [6.45, 7) is 3.73. The molecule has 39 heavy (non-hydrogen) atoms. The molecule has 3 atom stereocenters. The molecule has 0 bridgehead atoms. The van der Waals surface area contributed by atoms with Crippen molar-refractivity contribution in [1.82, 2.24) is 19.5 Å². The van der Waals surface area contributed by atoms with E-state index in [0.717, 1.165) is 5.39 Å². The monoisotopic (exact) mass is 554 g/mol. The van der Waals surface area contributed by atoms with Crippen molar-refractivity contribution in [2.45, 2.75) is 50.6 Å². The van der Waals surface area contributed by atoms with Gasteiger partial charge in [-0.15, -0.1) is 0 Å². The second-order valence-corrected chi connectivity index (χ2v) is 12.2. The molecule has 12 heteroatoms. The summed E-state index contributed by atoms with van der Waals surface area (Å²) in [6.07, 6.45) is 2.80. The van der Waals surface area contributed by atoms with Crippen molar-refractivity contribution in [1.29, 1.82) is 0 Å². The summed E-state index contributed by atoms with van der Waals surface area (Å²) in [6, 6.07) is 9.58. The Labute approximate surface area is 226 Å². The van der Waals surface area contributed by atoms with Gasteiger partial charge >= 0.3 is 6.09 Å². The van der Waals surface area contributed by atoms with Crippen LogP contribution < -0.4 is 10.1 Å². The molecule has 3 aromatic rings. The Morgan fingerprint density at radius 3 is 2.72 bits per heavy atom. The number of ketones is 1. The van der Waals surface area contributed by atoms with Gasteiger partial charge in [0.1, 0.15) is 17.7 Å². The van der Waals surface area contributed by atoms with E-state index in [0.29, 0.717) is 24.0 Å². The number of aromatic nitrogens is 1. The lowest BCUT2D eigenvalue weighted by Gasteiger charge is -2.28. The highest BCUT2D eigenvalue weighted by atomic mass is 32.2. The summed E-state index contributed by atoms with van der Waals surface area (Å²) in [5, 5.41) is 3.39. The number of fused-ring (bicyclic) bond motifs is 2. The molecule has 5 rings (SSSR count). The van der Waals surface area contributed by atoms with Crippen molar-refractivity contribution in [3.05, 3.63) is 60.4 Å². The SMILES string of the molecule is CC(C)CC(NC(=O)Oc1cc2ccccc2o1)C(=O)N1CCC2C1C(=O)CN2S(=O)(=O)Cc1cccnc1. The van der Waals surface area contributed by atoms with Gasteiger partial charge in [-0.05, 0) is 36.5 Å². The van der Waals surface area contributed by atoms with Crippen LogP contribution in [-0.4, -0.2) is 71.6 Å². The Morgan fingerprint density at radius 1 is 1.21 bits per heavy atom. The molecular formula is C27H30N4O7S. The Hall–Kier alpha value is -3.77. The molecule has 2 aliphatic heterocycles. The molecule has 0 aliphatic carbocycles. The van der Waals surface area contributed by atoms with Crippen LogP contribution in [0.4, 0.5) is 4.79 Å². The minimum Gasteiger partial charge on any atom is -0.425 e. The fourth-order valence-electron chi connectivity index (χ4n) is 5.32. The van der Waals surface area contributed by atoms with E-state index in [4.69, 9.17) is 9.15 Å². The van der Waals surface area contributed by atoms with Crippen LogP contribution >= 0.6 is 0 Å². The zero-order valence-corrected chi connectivity index (χ0v) is 22.5. The fraction of sp³-hybridized carbons (Fsp3) is 0.407. The highest BCUT2D eigenvalue weighted by Gasteiger charge is 2.54. The molecule has 2 saturated heterocycles. The van der Waals surface area contributed by atoms with Crippen molar-refractivity contribution in [2.75, 3.05) is 13.1 Å². The molecular weight excluding hydrogens is 524 g/mol. The molecule has 1 aromatic carbocycles. The third-order valence-electron chi connectivity index (χ3n) is 6.98. The van der Waals surface area contributed by atoms with Gasteiger partial charge in [0.05, 0.1) is 18.3 Å². The highest BCUT2D eigenvalue weighted by molar-refractivity contribution is 7.88. The van der Waals surface area contributed by atoms with Gasteiger partial charge in [-0.25, -0.2) is 13.2 Å². The van der Waals surface area contributed by atoms with E-state index in [2.05, 4.69) is 10.3 Å². The summed E-state index contributed by atoms with van der Waals surface area (Å²) in [4.78, 5) is 44.8. The number of carbonyl (C=O) groups excluding carboxylic acids is 3. The molecule has 2 amide bonds. The number of carbonyl (C=O) groups is 3. The van der Waals surface area contributed by atoms with E-state index < -0.39 is 40.1 Å². The summed E-state index contributed by atoms with van der Waals surface area (Å²) >= 11 is 0. The van der Waals surface area contributed by atoms with Gasteiger partial charge in [0, 0.05) is 30.4 Å². The molecule has 11 nitrogen and oxygen atoms in total. The molecule has 4 heterocycles. The lowest BCUT2D eigenvalue weighted by Crippen LogP contribution is -2.53. The lowest BCUT2D eigenvalue weighted by molar-refractivity contribution is -0.138. The second-order valence-electron chi connectivity index (χ2n) is 10.3. The third-order valence-corrected chi connectivity index (χ3v) is 8.80. The Morgan fingerprint density at radius 2 is 2.00 bits per heavy atom. The summed E-state index contributed by atoms with van der Waals surface area (Å²) in [5.41, 5.74) is 1.07. The molecule has 2 aromatic heterocycles. The van der Waals surface area contributed by atoms with Crippen molar-refractivity contribution in [3.63, 3.8) is 0 Å². The summed E-state index contributed by atoms with van der Waals surface area (Å²) in [7, 11) is -3.82. The molecule has 1 N–H and O–H groups in total. The van der Waals surface area contributed by atoms with Crippen LogP contribution in [0.3, 0.4) is 0 Å².